The molecule has 0 aliphatic heterocycles. The van der Waals surface area contributed by atoms with Crippen LogP contribution in [0.3, 0.4) is 0 Å². The van der Waals surface area contributed by atoms with Gasteiger partial charge in [0.25, 0.3) is 0 Å². The van der Waals surface area contributed by atoms with Crippen molar-refractivity contribution in [1.82, 2.24) is 10.6 Å². The lowest BCUT2D eigenvalue weighted by Gasteiger charge is -2.27. The maximum absolute atomic E-state index is 11.7. The van der Waals surface area contributed by atoms with Crippen molar-refractivity contribution in [3.05, 3.63) is 29.8 Å². The molecule has 1 aromatic carbocycles. The highest BCUT2D eigenvalue weighted by molar-refractivity contribution is 5.89. The molecule has 0 spiro atoms. The zero-order valence-electron chi connectivity index (χ0n) is 15.9. The number of carbonyl (C=O) groups is 1. The summed E-state index contributed by atoms with van der Waals surface area (Å²) in [5.74, 6) is 0.598. The molecule has 4 N–H and O–H groups in total. The lowest BCUT2D eigenvalue weighted by Crippen LogP contribution is -2.39. The minimum absolute atomic E-state index is 0.136. The van der Waals surface area contributed by atoms with E-state index >= 15 is 0 Å². The molecule has 0 aromatic heterocycles. The topological polar surface area (TPSA) is 73.4 Å². The Hall–Kier alpha value is -1.59. The number of nitrogens with one attached hydrogen (secondary N) is 3. The molecular weight excluding hydrogens is 314 g/mol. The summed E-state index contributed by atoms with van der Waals surface area (Å²) in [5.41, 5.74) is 1.23. The second-order valence-corrected chi connectivity index (χ2v) is 8.03. The van der Waals surface area contributed by atoms with Gasteiger partial charge in [-0.3, -0.25) is 0 Å². The van der Waals surface area contributed by atoms with Crippen LogP contribution in [-0.4, -0.2) is 29.3 Å². The van der Waals surface area contributed by atoms with Gasteiger partial charge < -0.3 is 21.1 Å². The number of amides is 2. The van der Waals surface area contributed by atoms with E-state index in [1.165, 1.54) is 0 Å². The zero-order valence-corrected chi connectivity index (χ0v) is 15.9. The Bertz CT molecular complexity index is 551. The number of hydrogen-bond acceptors (Lipinski definition) is 3. The molecule has 5 nitrogen and oxygen atoms in total. The summed E-state index contributed by atoms with van der Waals surface area (Å²) in [5, 5.41) is 19.6. The smallest absolute Gasteiger partial charge is 0.319 e. The molecule has 1 saturated carbocycles. The van der Waals surface area contributed by atoms with Crippen LogP contribution in [0.4, 0.5) is 10.5 Å². The van der Waals surface area contributed by atoms with Gasteiger partial charge in [0.1, 0.15) is 0 Å². The minimum atomic E-state index is -0.694. The monoisotopic (exact) mass is 347 g/mol. The van der Waals surface area contributed by atoms with Gasteiger partial charge in [0, 0.05) is 24.3 Å². The summed E-state index contributed by atoms with van der Waals surface area (Å²) < 4.78 is 0. The summed E-state index contributed by atoms with van der Waals surface area (Å²) >= 11 is 0. The Labute approximate surface area is 151 Å². The third-order valence-electron chi connectivity index (χ3n) is 4.63. The van der Waals surface area contributed by atoms with Crippen molar-refractivity contribution >= 4 is 11.7 Å². The van der Waals surface area contributed by atoms with Gasteiger partial charge in [-0.25, -0.2) is 4.79 Å². The van der Waals surface area contributed by atoms with Gasteiger partial charge in [-0.15, -0.1) is 0 Å². The largest absolute Gasteiger partial charge is 0.389 e. The normalized spacial score (nSPS) is 17.8. The summed E-state index contributed by atoms with van der Waals surface area (Å²) in [7, 11) is 0. The Morgan fingerprint density at radius 1 is 1.24 bits per heavy atom. The first kappa shape index (κ1) is 19.7. The fourth-order valence-corrected chi connectivity index (χ4v) is 2.61. The average molecular weight is 348 g/mol. The molecule has 0 bridgehead atoms. The molecule has 1 aliphatic carbocycles. The van der Waals surface area contributed by atoms with Crippen molar-refractivity contribution in [2.75, 3.05) is 11.9 Å². The SMILES string of the molecule is CC(C)CCC(C)(O)CNC(C)c1ccc(NC(=O)NC2CC2)cc1. The third kappa shape index (κ3) is 7.45. The number of aliphatic hydroxyl groups is 1. The average Bonchev–Trinajstić information content (AvgIpc) is 3.35. The molecule has 1 aromatic rings. The molecule has 1 aliphatic rings. The number of urea groups is 1. The van der Waals surface area contributed by atoms with Gasteiger partial charge in [-0.1, -0.05) is 26.0 Å². The molecule has 140 valence electrons. The quantitative estimate of drug-likeness (QED) is 0.549. The van der Waals surface area contributed by atoms with E-state index in [1.54, 1.807) is 0 Å². The van der Waals surface area contributed by atoms with E-state index in [4.69, 9.17) is 0 Å². The zero-order chi connectivity index (χ0) is 18.4. The highest BCUT2D eigenvalue weighted by atomic mass is 16.3. The number of benzene rings is 1. The van der Waals surface area contributed by atoms with E-state index in [1.807, 2.05) is 31.2 Å². The van der Waals surface area contributed by atoms with Crippen molar-refractivity contribution in [2.24, 2.45) is 5.92 Å². The minimum Gasteiger partial charge on any atom is -0.389 e. The molecule has 1 fully saturated rings. The van der Waals surface area contributed by atoms with Gasteiger partial charge in [0.2, 0.25) is 0 Å². The second-order valence-electron chi connectivity index (χ2n) is 8.03. The molecular formula is C20H33N3O2. The van der Waals surface area contributed by atoms with Crippen LogP contribution >= 0.6 is 0 Å². The van der Waals surface area contributed by atoms with Crippen molar-refractivity contribution in [3.63, 3.8) is 0 Å². The van der Waals surface area contributed by atoms with Crippen LogP contribution in [0.1, 0.15) is 65.0 Å². The maximum atomic E-state index is 11.7. The maximum Gasteiger partial charge on any atom is 0.319 e. The van der Waals surface area contributed by atoms with Crippen LogP contribution in [0.2, 0.25) is 0 Å². The highest BCUT2D eigenvalue weighted by Gasteiger charge is 2.23. The molecule has 0 heterocycles. The van der Waals surface area contributed by atoms with Crippen LogP contribution < -0.4 is 16.0 Å². The molecule has 2 rings (SSSR count). The molecule has 0 radical (unpaired) electrons. The first-order valence-corrected chi connectivity index (χ1v) is 9.38. The Morgan fingerprint density at radius 3 is 2.44 bits per heavy atom. The number of anilines is 1. The number of carbonyl (C=O) groups excluding carboxylic acids is 1. The van der Waals surface area contributed by atoms with E-state index in [2.05, 4.69) is 36.7 Å². The molecule has 25 heavy (non-hydrogen) atoms. The summed E-state index contributed by atoms with van der Waals surface area (Å²) in [6, 6.07) is 8.20. The van der Waals surface area contributed by atoms with Crippen LogP contribution in [0.25, 0.3) is 0 Å². The lowest BCUT2D eigenvalue weighted by atomic mass is 9.95. The predicted octanol–water partition coefficient (Wildman–Crippen LogP) is 3.81. The fraction of sp³-hybridized carbons (Fsp3) is 0.650. The van der Waals surface area contributed by atoms with Crippen molar-refractivity contribution in [1.29, 1.82) is 0 Å². The van der Waals surface area contributed by atoms with Crippen LogP contribution in [0, 0.1) is 5.92 Å². The molecule has 2 atom stereocenters. The second kappa shape index (κ2) is 8.68. The summed E-state index contributed by atoms with van der Waals surface area (Å²) in [4.78, 5) is 11.7. The first-order valence-electron chi connectivity index (χ1n) is 9.38. The molecule has 0 saturated heterocycles. The lowest BCUT2D eigenvalue weighted by molar-refractivity contribution is 0.0430. The Kier molecular flexibility index (Phi) is 6.85. The van der Waals surface area contributed by atoms with Crippen LogP contribution in [-0.2, 0) is 0 Å². The Balaban J connectivity index is 1.78. The first-order chi connectivity index (χ1) is 11.7. The molecule has 2 unspecified atom stereocenters. The van der Waals surface area contributed by atoms with Gasteiger partial charge in [-0.2, -0.15) is 0 Å². The van der Waals surface area contributed by atoms with Gasteiger partial charge in [0.15, 0.2) is 0 Å². The highest BCUT2D eigenvalue weighted by Crippen LogP contribution is 2.21. The van der Waals surface area contributed by atoms with Gasteiger partial charge in [0.05, 0.1) is 5.60 Å². The Morgan fingerprint density at radius 2 is 1.88 bits per heavy atom. The van der Waals surface area contributed by atoms with E-state index < -0.39 is 5.60 Å². The van der Waals surface area contributed by atoms with Crippen molar-refractivity contribution < 1.29 is 9.90 Å². The van der Waals surface area contributed by atoms with Crippen LogP contribution in [0.5, 0.6) is 0 Å². The summed E-state index contributed by atoms with van der Waals surface area (Å²) in [6.45, 7) is 8.88. The van der Waals surface area contributed by atoms with E-state index in [0.717, 1.165) is 36.9 Å². The van der Waals surface area contributed by atoms with Crippen LogP contribution in [0.15, 0.2) is 24.3 Å². The van der Waals surface area contributed by atoms with E-state index in [0.29, 0.717) is 18.5 Å². The van der Waals surface area contributed by atoms with Gasteiger partial charge >= 0.3 is 6.03 Å². The number of hydrogen-bond donors (Lipinski definition) is 4. The summed E-state index contributed by atoms with van der Waals surface area (Å²) in [6.07, 6.45) is 3.97. The standard InChI is InChI=1S/C20H33N3O2/c1-14(2)11-12-20(4,25)13-21-15(3)16-5-7-17(8-6-16)22-19(24)23-18-9-10-18/h5-8,14-15,18,21,25H,9-13H2,1-4H3,(H2,22,23,24). The van der Waals surface area contributed by atoms with E-state index in [9.17, 15) is 9.90 Å². The number of rotatable bonds is 9. The van der Waals surface area contributed by atoms with Crippen molar-refractivity contribution in [3.8, 4) is 0 Å². The van der Waals surface area contributed by atoms with E-state index in [-0.39, 0.29) is 12.1 Å². The van der Waals surface area contributed by atoms with Crippen molar-refractivity contribution in [2.45, 2.75) is 71.1 Å². The molecule has 2 amide bonds. The fourth-order valence-electron chi connectivity index (χ4n) is 2.61. The third-order valence-corrected chi connectivity index (χ3v) is 4.63. The molecule has 5 heteroatoms. The van der Waals surface area contributed by atoms with Gasteiger partial charge in [-0.05, 0) is 63.1 Å². The predicted molar refractivity (Wildman–Crippen MR) is 103 cm³/mol.